The van der Waals surface area contributed by atoms with Gasteiger partial charge < -0.3 is 19.0 Å². The fourth-order valence-corrected chi connectivity index (χ4v) is 1.83. The van der Waals surface area contributed by atoms with Gasteiger partial charge in [0.05, 0.1) is 12.5 Å². The van der Waals surface area contributed by atoms with Gasteiger partial charge in [-0.15, -0.1) is 0 Å². The molecule has 2 rings (SSSR count). The van der Waals surface area contributed by atoms with Crippen LogP contribution in [0, 0.1) is 0 Å². The van der Waals surface area contributed by atoms with E-state index in [0.717, 1.165) is 30.9 Å². The van der Waals surface area contributed by atoms with Gasteiger partial charge in [0.1, 0.15) is 11.3 Å². The molecule has 0 atom stereocenters. The summed E-state index contributed by atoms with van der Waals surface area (Å²) in [6.07, 6.45) is 9.29. The first-order chi connectivity index (χ1) is 11.9. The highest BCUT2D eigenvalue weighted by molar-refractivity contribution is 5.86. The first-order valence-corrected chi connectivity index (χ1v) is 7.73. The van der Waals surface area contributed by atoms with Crippen molar-refractivity contribution in [3.63, 3.8) is 0 Å². The van der Waals surface area contributed by atoms with Crippen molar-refractivity contribution < 1.29 is 28.6 Å². The molecule has 0 fully saturated rings. The molecule has 0 bridgehead atoms. The van der Waals surface area contributed by atoms with E-state index in [2.05, 4.69) is 6.92 Å². The summed E-state index contributed by atoms with van der Waals surface area (Å²) in [4.78, 5) is 31.7. The first kappa shape index (κ1) is 20.0. The number of aromatic carboxylic acids is 1. The third kappa shape index (κ3) is 7.83. The number of carboxylic acids is 2. The molecule has 0 spiro atoms. The highest BCUT2D eigenvalue weighted by Gasteiger charge is 2.10. The van der Waals surface area contributed by atoms with E-state index >= 15 is 0 Å². The molecule has 0 radical (unpaired) electrons. The SMILES string of the molecule is CCCCCc1ccc(C(=O)O)c(=O)o1.O=C(O)/C=C/c1ccoc1. The third-order valence-corrected chi connectivity index (χ3v) is 3.10. The second-order valence-corrected chi connectivity index (χ2v) is 5.09. The Kier molecular flexibility index (Phi) is 8.49. The van der Waals surface area contributed by atoms with Crippen molar-refractivity contribution in [3.05, 3.63) is 64.1 Å². The molecule has 7 nitrogen and oxygen atoms in total. The quantitative estimate of drug-likeness (QED) is 0.581. The molecule has 0 aliphatic heterocycles. The highest BCUT2D eigenvalue weighted by atomic mass is 16.4. The highest BCUT2D eigenvalue weighted by Crippen LogP contribution is 2.05. The molecule has 0 unspecified atom stereocenters. The molecule has 134 valence electrons. The van der Waals surface area contributed by atoms with Crippen LogP contribution in [-0.2, 0) is 11.2 Å². The summed E-state index contributed by atoms with van der Waals surface area (Å²) >= 11 is 0. The van der Waals surface area contributed by atoms with Gasteiger partial charge >= 0.3 is 17.6 Å². The monoisotopic (exact) mass is 348 g/mol. The minimum atomic E-state index is -1.25. The maximum Gasteiger partial charge on any atom is 0.350 e. The lowest BCUT2D eigenvalue weighted by atomic mass is 10.1. The summed E-state index contributed by atoms with van der Waals surface area (Å²) < 4.78 is 9.58. The van der Waals surface area contributed by atoms with Crippen molar-refractivity contribution in [2.75, 3.05) is 0 Å². The van der Waals surface area contributed by atoms with Gasteiger partial charge in [0.2, 0.25) is 0 Å². The Morgan fingerprint density at radius 3 is 2.44 bits per heavy atom. The van der Waals surface area contributed by atoms with Crippen LogP contribution in [-0.4, -0.2) is 22.2 Å². The van der Waals surface area contributed by atoms with E-state index in [9.17, 15) is 14.4 Å². The summed E-state index contributed by atoms with van der Waals surface area (Å²) in [7, 11) is 0. The molecule has 0 aliphatic rings. The molecular formula is C18H20O7. The fraction of sp³-hybridized carbons (Fsp3) is 0.278. The number of unbranched alkanes of at least 4 members (excludes halogenated alkanes) is 2. The summed E-state index contributed by atoms with van der Waals surface area (Å²) in [5.74, 6) is -1.65. The van der Waals surface area contributed by atoms with Gasteiger partial charge in [0, 0.05) is 18.1 Å². The zero-order chi connectivity index (χ0) is 18.7. The van der Waals surface area contributed by atoms with E-state index < -0.39 is 17.6 Å². The summed E-state index contributed by atoms with van der Waals surface area (Å²) in [6, 6.07) is 4.54. The lowest BCUT2D eigenvalue weighted by Gasteiger charge is -1.99. The van der Waals surface area contributed by atoms with Crippen molar-refractivity contribution >= 4 is 18.0 Å². The summed E-state index contributed by atoms with van der Waals surface area (Å²) in [5, 5.41) is 16.8. The van der Waals surface area contributed by atoms with Gasteiger partial charge in [-0.05, 0) is 30.7 Å². The molecule has 0 aromatic carbocycles. The zero-order valence-corrected chi connectivity index (χ0v) is 13.8. The van der Waals surface area contributed by atoms with Gasteiger partial charge in [-0.1, -0.05) is 19.8 Å². The predicted molar refractivity (Wildman–Crippen MR) is 90.5 cm³/mol. The largest absolute Gasteiger partial charge is 0.478 e. The minimum absolute atomic E-state index is 0.311. The second kappa shape index (κ2) is 10.6. The predicted octanol–water partition coefficient (Wildman–Crippen LogP) is 3.45. The molecule has 2 aromatic heterocycles. The van der Waals surface area contributed by atoms with Gasteiger partial charge in [-0.2, -0.15) is 0 Å². The van der Waals surface area contributed by atoms with Gasteiger partial charge in [-0.25, -0.2) is 14.4 Å². The number of aliphatic carboxylic acids is 1. The zero-order valence-electron chi connectivity index (χ0n) is 13.8. The van der Waals surface area contributed by atoms with Crippen LogP contribution in [0.25, 0.3) is 6.08 Å². The number of carbonyl (C=O) groups is 2. The molecule has 2 N–H and O–H groups in total. The second-order valence-electron chi connectivity index (χ2n) is 5.09. The Balaban J connectivity index is 0.000000271. The Labute approximate surface area is 144 Å². The van der Waals surface area contributed by atoms with Crippen LogP contribution in [0.2, 0.25) is 0 Å². The molecule has 25 heavy (non-hydrogen) atoms. The first-order valence-electron chi connectivity index (χ1n) is 7.73. The number of furan rings is 1. The lowest BCUT2D eigenvalue weighted by Crippen LogP contribution is -2.13. The van der Waals surface area contributed by atoms with Crippen LogP contribution < -0.4 is 5.63 Å². The molecule has 0 amide bonds. The number of carboxylic acid groups (broad SMARTS) is 2. The van der Waals surface area contributed by atoms with E-state index in [1.54, 1.807) is 12.1 Å². The van der Waals surface area contributed by atoms with Crippen LogP contribution in [0.15, 0.2) is 50.4 Å². The van der Waals surface area contributed by atoms with E-state index in [4.69, 9.17) is 19.0 Å². The van der Waals surface area contributed by atoms with E-state index in [1.165, 1.54) is 24.7 Å². The molecule has 0 saturated heterocycles. The Hall–Kier alpha value is -3.09. The standard InChI is InChI=1S/C11H14O4.C7H6O3/c1-2-3-4-5-8-6-7-9(10(12)13)11(14)15-8;8-7(9)2-1-6-3-4-10-5-6/h6-7H,2-5H2,1H3,(H,12,13);1-5H,(H,8,9)/b;2-1+. The normalized spacial score (nSPS) is 10.3. The molecule has 7 heteroatoms. The maximum absolute atomic E-state index is 11.2. The molecular weight excluding hydrogens is 328 g/mol. The molecule has 2 aromatic rings. The Morgan fingerprint density at radius 1 is 1.16 bits per heavy atom. The molecule has 0 aliphatic carbocycles. The molecule has 2 heterocycles. The van der Waals surface area contributed by atoms with Crippen LogP contribution in [0.4, 0.5) is 0 Å². The van der Waals surface area contributed by atoms with Crippen LogP contribution in [0.3, 0.4) is 0 Å². The number of hydrogen-bond donors (Lipinski definition) is 2. The topological polar surface area (TPSA) is 118 Å². The fourth-order valence-electron chi connectivity index (χ4n) is 1.83. The average molecular weight is 348 g/mol. The van der Waals surface area contributed by atoms with Crippen LogP contribution in [0.5, 0.6) is 0 Å². The van der Waals surface area contributed by atoms with Crippen molar-refractivity contribution in [2.45, 2.75) is 32.6 Å². The Morgan fingerprint density at radius 2 is 1.92 bits per heavy atom. The number of aryl methyl sites for hydroxylation is 1. The number of hydrogen-bond acceptors (Lipinski definition) is 5. The van der Waals surface area contributed by atoms with E-state index in [0.29, 0.717) is 12.2 Å². The van der Waals surface area contributed by atoms with Gasteiger partial charge in [-0.3, -0.25) is 0 Å². The van der Waals surface area contributed by atoms with Gasteiger partial charge in [0.15, 0.2) is 0 Å². The van der Waals surface area contributed by atoms with E-state index in [1.807, 2.05) is 0 Å². The maximum atomic E-state index is 11.2. The van der Waals surface area contributed by atoms with Crippen molar-refractivity contribution in [3.8, 4) is 0 Å². The lowest BCUT2D eigenvalue weighted by molar-refractivity contribution is -0.131. The van der Waals surface area contributed by atoms with Crippen molar-refractivity contribution in [2.24, 2.45) is 0 Å². The molecule has 0 saturated carbocycles. The average Bonchev–Trinajstić information content (AvgIpc) is 3.07. The summed E-state index contributed by atoms with van der Waals surface area (Å²) in [5.41, 5.74) is -0.326. The number of rotatable bonds is 7. The Bertz CT molecular complexity index is 754. The minimum Gasteiger partial charge on any atom is -0.478 e. The van der Waals surface area contributed by atoms with Crippen LogP contribution in [0.1, 0.15) is 47.9 Å². The van der Waals surface area contributed by atoms with E-state index in [-0.39, 0.29) is 5.56 Å². The smallest absolute Gasteiger partial charge is 0.350 e. The van der Waals surface area contributed by atoms with Crippen molar-refractivity contribution in [1.29, 1.82) is 0 Å². The van der Waals surface area contributed by atoms with Gasteiger partial charge in [0.25, 0.3) is 0 Å². The van der Waals surface area contributed by atoms with Crippen LogP contribution >= 0.6 is 0 Å². The third-order valence-electron chi connectivity index (χ3n) is 3.10. The summed E-state index contributed by atoms with van der Waals surface area (Å²) in [6.45, 7) is 2.09. The van der Waals surface area contributed by atoms with Crippen molar-refractivity contribution in [1.82, 2.24) is 0 Å².